The zero-order chi connectivity index (χ0) is 10.7. The molecule has 2 aromatic rings. The van der Waals surface area contributed by atoms with Crippen LogP contribution in [0.3, 0.4) is 0 Å². The van der Waals surface area contributed by atoms with Crippen LogP contribution in [-0.2, 0) is 0 Å². The lowest BCUT2D eigenvalue weighted by molar-refractivity contribution is 0.606. The number of H-pyrrole nitrogens is 1. The van der Waals surface area contributed by atoms with E-state index < -0.39 is 0 Å². The number of hydrogen-bond donors (Lipinski definition) is 2. The van der Waals surface area contributed by atoms with Gasteiger partial charge in [-0.1, -0.05) is 6.92 Å². The minimum Gasteiger partial charge on any atom is -0.303 e. The van der Waals surface area contributed by atoms with E-state index in [2.05, 4.69) is 48.7 Å². The number of nitrogens with zero attached hydrogens (tertiary/aromatic N) is 2. The van der Waals surface area contributed by atoms with Crippen LogP contribution in [0.1, 0.15) is 23.7 Å². The molecule has 2 heterocycles. The Morgan fingerprint density at radius 3 is 3.07 bits per heavy atom. The molecule has 2 N–H and O–H groups in total. The summed E-state index contributed by atoms with van der Waals surface area (Å²) in [5, 5.41) is 12.2. The zero-order valence-electron chi connectivity index (χ0n) is 8.20. The van der Waals surface area contributed by atoms with Gasteiger partial charge in [0.25, 0.3) is 0 Å². The van der Waals surface area contributed by atoms with Gasteiger partial charge in [-0.3, -0.25) is 5.10 Å². The van der Waals surface area contributed by atoms with E-state index in [4.69, 9.17) is 0 Å². The van der Waals surface area contributed by atoms with Gasteiger partial charge in [0, 0.05) is 9.35 Å². The van der Waals surface area contributed by atoms with Crippen molar-refractivity contribution in [3.05, 3.63) is 32.9 Å². The SMILES string of the molecule is CCNC(c1ncn[nH]1)c1sccc1Br. The Bertz CT molecular complexity index is 411. The molecule has 0 aromatic carbocycles. The molecule has 0 radical (unpaired) electrons. The third kappa shape index (κ3) is 2.27. The average Bonchev–Trinajstić information content (AvgIpc) is 2.85. The summed E-state index contributed by atoms with van der Waals surface area (Å²) >= 11 is 5.23. The molecule has 0 aliphatic rings. The predicted molar refractivity (Wildman–Crippen MR) is 63.9 cm³/mol. The maximum absolute atomic E-state index is 4.19. The molecule has 0 fully saturated rings. The molecule has 80 valence electrons. The molecule has 1 unspecified atom stereocenters. The van der Waals surface area contributed by atoms with Crippen molar-refractivity contribution in [1.82, 2.24) is 20.5 Å². The summed E-state index contributed by atoms with van der Waals surface area (Å²) in [6, 6.07) is 2.13. The largest absolute Gasteiger partial charge is 0.303 e. The molecule has 4 nitrogen and oxygen atoms in total. The molecule has 2 aromatic heterocycles. The Hall–Kier alpha value is -0.720. The fourth-order valence-corrected chi connectivity index (χ4v) is 3.06. The van der Waals surface area contributed by atoms with Gasteiger partial charge in [0.05, 0.1) is 0 Å². The molecule has 0 aliphatic carbocycles. The van der Waals surface area contributed by atoms with Crippen LogP contribution in [0.15, 0.2) is 22.2 Å². The lowest BCUT2D eigenvalue weighted by Crippen LogP contribution is -2.22. The van der Waals surface area contributed by atoms with E-state index in [0.717, 1.165) is 16.8 Å². The minimum atomic E-state index is 0.0897. The van der Waals surface area contributed by atoms with Crippen molar-refractivity contribution in [1.29, 1.82) is 0 Å². The normalized spacial score (nSPS) is 12.9. The average molecular weight is 287 g/mol. The molecular formula is C9H11BrN4S. The molecular weight excluding hydrogens is 276 g/mol. The van der Waals surface area contributed by atoms with Crippen molar-refractivity contribution in [2.45, 2.75) is 13.0 Å². The third-order valence-corrected chi connectivity index (χ3v) is 3.96. The fourth-order valence-electron chi connectivity index (χ4n) is 1.38. The quantitative estimate of drug-likeness (QED) is 0.907. The van der Waals surface area contributed by atoms with E-state index >= 15 is 0 Å². The minimum absolute atomic E-state index is 0.0897. The van der Waals surface area contributed by atoms with E-state index in [1.807, 2.05) is 6.07 Å². The van der Waals surface area contributed by atoms with Crippen LogP contribution >= 0.6 is 27.3 Å². The molecule has 0 aliphatic heterocycles. The van der Waals surface area contributed by atoms with E-state index in [-0.39, 0.29) is 6.04 Å². The lowest BCUT2D eigenvalue weighted by Gasteiger charge is -2.13. The van der Waals surface area contributed by atoms with Gasteiger partial charge in [-0.05, 0) is 33.9 Å². The second-order valence-electron chi connectivity index (χ2n) is 2.99. The van der Waals surface area contributed by atoms with Gasteiger partial charge in [0.2, 0.25) is 0 Å². The highest BCUT2D eigenvalue weighted by Crippen LogP contribution is 2.31. The van der Waals surface area contributed by atoms with Gasteiger partial charge < -0.3 is 5.32 Å². The topological polar surface area (TPSA) is 53.6 Å². The van der Waals surface area contributed by atoms with Gasteiger partial charge >= 0.3 is 0 Å². The van der Waals surface area contributed by atoms with Gasteiger partial charge in [-0.2, -0.15) is 5.10 Å². The van der Waals surface area contributed by atoms with Crippen LogP contribution in [-0.4, -0.2) is 21.7 Å². The molecule has 1 atom stereocenters. The van der Waals surface area contributed by atoms with Crippen molar-refractivity contribution >= 4 is 27.3 Å². The number of aromatic nitrogens is 3. The molecule has 15 heavy (non-hydrogen) atoms. The molecule has 0 bridgehead atoms. The summed E-state index contributed by atoms with van der Waals surface area (Å²) in [5.41, 5.74) is 0. The monoisotopic (exact) mass is 286 g/mol. The standard InChI is InChI=1S/C9H11BrN4S/c1-2-11-7(9-12-5-13-14-9)8-6(10)3-4-15-8/h3-5,7,11H,2H2,1H3,(H,12,13,14). The highest BCUT2D eigenvalue weighted by atomic mass is 79.9. The molecule has 0 saturated heterocycles. The van der Waals surface area contributed by atoms with Crippen LogP contribution in [0, 0.1) is 0 Å². The zero-order valence-corrected chi connectivity index (χ0v) is 10.6. The van der Waals surface area contributed by atoms with Crippen molar-refractivity contribution in [3.63, 3.8) is 0 Å². The number of rotatable bonds is 4. The van der Waals surface area contributed by atoms with Crippen LogP contribution in [0.5, 0.6) is 0 Å². The van der Waals surface area contributed by atoms with Crippen molar-refractivity contribution in [2.24, 2.45) is 0 Å². The third-order valence-electron chi connectivity index (χ3n) is 2.02. The first-order chi connectivity index (χ1) is 7.33. The van der Waals surface area contributed by atoms with Crippen molar-refractivity contribution < 1.29 is 0 Å². The summed E-state index contributed by atoms with van der Waals surface area (Å²) in [6.07, 6.45) is 1.53. The summed E-state index contributed by atoms with van der Waals surface area (Å²) in [5.74, 6) is 0.847. The second-order valence-corrected chi connectivity index (χ2v) is 4.80. The summed E-state index contributed by atoms with van der Waals surface area (Å²) in [7, 11) is 0. The predicted octanol–water partition coefficient (Wildman–Crippen LogP) is 2.33. The Kier molecular flexibility index (Phi) is 3.50. The molecule has 0 spiro atoms. The van der Waals surface area contributed by atoms with Crippen molar-refractivity contribution in [2.75, 3.05) is 6.54 Å². The van der Waals surface area contributed by atoms with Crippen LogP contribution in [0.25, 0.3) is 0 Å². The van der Waals surface area contributed by atoms with E-state index in [0.29, 0.717) is 0 Å². The smallest absolute Gasteiger partial charge is 0.146 e. The maximum atomic E-state index is 4.19. The van der Waals surface area contributed by atoms with E-state index in [1.165, 1.54) is 11.2 Å². The Morgan fingerprint density at radius 2 is 2.53 bits per heavy atom. The Labute approximate surface area is 100 Å². The molecule has 2 rings (SSSR count). The first kappa shape index (κ1) is 10.8. The highest BCUT2D eigenvalue weighted by molar-refractivity contribution is 9.10. The highest BCUT2D eigenvalue weighted by Gasteiger charge is 2.19. The number of thiophene rings is 1. The number of nitrogens with one attached hydrogen (secondary N) is 2. The van der Waals surface area contributed by atoms with Crippen molar-refractivity contribution in [3.8, 4) is 0 Å². The summed E-state index contributed by atoms with van der Waals surface area (Å²) < 4.78 is 1.11. The maximum Gasteiger partial charge on any atom is 0.146 e. The van der Waals surface area contributed by atoms with E-state index in [1.54, 1.807) is 11.3 Å². The summed E-state index contributed by atoms with van der Waals surface area (Å²) in [6.45, 7) is 2.96. The number of halogens is 1. The van der Waals surface area contributed by atoms with Gasteiger partial charge in [-0.25, -0.2) is 4.98 Å². The first-order valence-corrected chi connectivity index (χ1v) is 6.31. The van der Waals surface area contributed by atoms with Gasteiger partial charge in [0.15, 0.2) is 0 Å². The molecule has 0 saturated carbocycles. The van der Waals surface area contributed by atoms with Crippen LogP contribution in [0.2, 0.25) is 0 Å². The summed E-state index contributed by atoms with van der Waals surface area (Å²) in [4.78, 5) is 5.41. The van der Waals surface area contributed by atoms with E-state index in [9.17, 15) is 0 Å². The van der Waals surface area contributed by atoms with Crippen LogP contribution in [0.4, 0.5) is 0 Å². The van der Waals surface area contributed by atoms with Gasteiger partial charge in [-0.15, -0.1) is 11.3 Å². The fraction of sp³-hybridized carbons (Fsp3) is 0.333. The van der Waals surface area contributed by atoms with Crippen LogP contribution < -0.4 is 5.32 Å². The molecule has 6 heteroatoms. The number of aromatic amines is 1. The Morgan fingerprint density at radius 1 is 1.67 bits per heavy atom. The Balaban J connectivity index is 2.32. The first-order valence-electron chi connectivity index (χ1n) is 4.64. The number of hydrogen-bond acceptors (Lipinski definition) is 4. The molecule has 0 amide bonds. The second kappa shape index (κ2) is 4.87. The lowest BCUT2D eigenvalue weighted by atomic mass is 10.2. The van der Waals surface area contributed by atoms with Gasteiger partial charge in [0.1, 0.15) is 18.2 Å².